The summed E-state index contributed by atoms with van der Waals surface area (Å²) in [6, 6.07) is 17.8. The second kappa shape index (κ2) is 6.24. The Kier molecular flexibility index (Phi) is 3.89. The van der Waals surface area contributed by atoms with E-state index in [1.165, 1.54) is 28.8 Å². The van der Waals surface area contributed by atoms with Crippen LogP contribution in [0.3, 0.4) is 0 Å². The first-order chi connectivity index (χ1) is 12.6. The molecule has 4 aromatic rings. The number of thiophene rings is 1. The fraction of sp³-hybridized carbons (Fsp3) is 0. The molecule has 2 aromatic carbocycles. The van der Waals surface area contributed by atoms with Crippen LogP contribution >= 0.6 is 11.3 Å². The summed E-state index contributed by atoms with van der Waals surface area (Å²) in [6.45, 7) is 0. The third kappa shape index (κ3) is 2.51. The van der Waals surface area contributed by atoms with E-state index in [0.29, 0.717) is 15.9 Å². The van der Waals surface area contributed by atoms with Crippen LogP contribution in [0.25, 0.3) is 15.9 Å². The van der Waals surface area contributed by atoms with E-state index >= 15 is 0 Å². The van der Waals surface area contributed by atoms with Gasteiger partial charge in [0.25, 0.3) is 5.56 Å². The smallest absolute Gasteiger partial charge is 0.256 e. The van der Waals surface area contributed by atoms with Crippen LogP contribution in [0.2, 0.25) is 0 Å². The van der Waals surface area contributed by atoms with Gasteiger partial charge in [-0.05, 0) is 30.3 Å². The van der Waals surface area contributed by atoms with Gasteiger partial charge in [0, 0.05) is 11.5 Å². The quantitative estimate of drug-likeness (QED) is 0.559. The molecule has 2 N–H and O–H groups in total. The first-order valence-electron chi connectivity index (χ1n) is 7.86. The second-order valence-corrected chi connectivity index (χ2v) is 6.74. The number of hydrogen-bond donors (Lipinski definition) is 1. The van der Waals surface area contributed by atoms with Gasteiger partial charge in [0.15, 0.2) is 5.78 Å². The molecule has 0 radical (unpaired) electrons. The Bertz CT molecular complexity index is 1200. The highest BCUT2D eigenvalue weighted by Crippen LogP contribution is 2.35. The zero-order chi connectivity index (χ0) is 18.3. The van der Waals surface area contributed by atoms with Gasteiger partial charge < -0.3 is 5.73 Å². The molecule has 6 heteroatoms. The van der Waals surface area contributed by atoms with Crippen molar-refractivity contribution in [2.45, 2.75) is 0 Å². The third-order valence-corrected chi connectivity index (χ3v) is 5.15. The minimum absolute atomic E-state index is 0.0450. The normalized spacial score (nSPS) is 11.0. The Morgan fingerprint density at radius 1 is 0.962 bits per heavy atom. The first-order valence-corrected chi connectivity index (χ1v) is 8.68. The van der Waals surface area contributed by atoms with Crippen molar-refractivity contribution >= 4 is 32.3 Å². The third-order valence-electron chi connectivity index (χ3n) is 4.13. The predicted octanol–water partition coefficient (Wildman–Crippen LogP) is 4.00. The number of halogens is 1. The number of nitrogen functional groups attached to an aromatic ring is 1. The van der Waals surface area contributed by atoms with Gasteiger partial charge in [0.05, 0.1) is 21.8 Å². The Labute approximate surface area is 151 Å². The summed E-state index contributed by atoms with van der Waals surface area (Å²) < 4.78 is 15.6. The summed E-state index contributed by atoms with van der Waals surface area (Å²) in [5.74, 6) is -1.10. The summed E-state index contributed by atoms with van der Waals surface area (Å²) in [6.07, 6.45) is 0. The number of para-hydroxylation sites is 1. The van der Waals surface area contributed by atoms with E-state index in [9.17, 15) is 14.0 Å². The zero-order valence-electron chi connectivity index (χ0n) is 13.5. The lowest BCUT2D eigenvalue weighted by atomic mass is 10.0. The highest BCUT2D eigenvalue weighted by Gasteiger charge is 2.23. The average Bonchev–Trinajstić information content (AvgIpc) is 2.98. The molecule has 0 spiro atoms. The van der Waals surface area contributed by atoms with Gasteiger partial charge in [0.1, 0.15) is 10.6 Å². The number of carbonyl (C=O) groups is 1. The van der Waals surface area contributed by atoms with Crippen LogP contribution in [-0.2, 0) is 0 Å². The SMILES string of the molecule is Nc1sc2c(ccc(=O)n2-c2ccccc2)c1C(=O)c1ccccc1F. The van der Waals surface area contributed by atoms with Gasteiger partial charge in [-0.1, -0.05) is 41.7 Å². The monoisotopic (exact) mass is 364 g/mol. The molecule has 0 aliphatic heterocycles. The van der Waals surface area contributed by atoms with Crippen LogP contribution in [0, 0.1) is 5.82 Å². The van der Waals surface area contributed by atoms with Crippen molar-refractivity contribution in [2.75, 3.05) is 5.73 Å². The minimum atomic E-state index is -0.604. The van der Waals surface area contributed by atoms with Gasteiger partial charge in [-0.15, -0.1) is 0 Å². The lowest BCUT2D eigenvalue weighted by Crippen LogP contribution is -2.16. The van der Waals surface area contributed by atoms with Crippen LogP contribution in [0.1, 0.15) is 15.9 Å². The van der Waals surface area contributed by atoms with E-state index in [4.69, 9.17) is 5.73 Å². The molecule has 0 fully saturated rings. The number of hydrogen-bond acceptors (Lipinski definition) is 4. The van der Waals surface area contributed by atoms with Gasteiger partial charge in [-0.25, -0.2) is 4.39 Å². The highest BCUT2D eigenvalue weighted by molar-refractivity contribution is 7.22. The molecule has 0 unspecified atom stereocenters. The van der Waals surface area contributed by atoms with Crippen molar-refractivity contribution in [3.8, 4) is 5.69 Å². The lowest BCUT2D eigenvalue weighted by Gasteiger charge is -2.07. The molecule has 0 atom stereocenters. The molecule has 4 nitrogen and oxygen atoms in total. The van der Waals surface area contributed by atoms with Crippen molar-refractivity contribution in [1.29, 1.82) is 0 Å². The number of rotatable bonds is 3. The molecule has 2 aromatic heterocycles. The van der Waals surface area contributed by atoms with E-state index in [0.717, 1.165) is 11.3 Å². The summed E-state index contributed by atoms with van der Waals surface area (Å²) in [5.41, 5.74) is 6.72. The van der Waals surface area contributed by atoms with E-state index in [1.807, 2.05) is 18.2 Å². The molecule has 0 bridgehead atoms. The molecule has 0 saturated carbocycles. The summed E-state index contributed by atoms with van der Waals surface area (Å²) in [7, 11) is 0. The lowest BCUT2D eigenvalue weighted by molar-refractivity contribution is 0.103. The van der Waals surface area contributed by atoms with Crippen LogP contribution < -0.4 is 11.3 Å². The zero-order valence-corrected chi connectivity index (χ0v) is 14.3. The fourth-order valence-electron chi connectivity index (χ4n) is 2.94. The topological polar surface area (TPSA) is 65.1 Å². The van der Waals surface area contributed by atoms with Crippen molar-refractivity contribution in [3.63, 3.8) is 0 Å². The molecule has 2 heterocycles. The maximum absolute atomic E-state index is 14.1. The molecule has 128 valence electrons. The number of anilines is 1. The van der Waals surface area contributed by atoms with E-state index < -0.39 is 11.6 Å². The number of ketones is 1. The van der Waals surface area contributed by atoms with Crippen LogP contribution in [-0.4, -0.2) is 10.4 Å². The van der Waals surface area contributed by atoms with Crippen LogP contribution in [0.4, 0.5) is 9.39 Å². The van der Waals surface area contributed by atoms with E-state index in [1.54, 1.807) is 24.3 Å². The number of nitrogens with two attached hydrogens (primary N) is 1. The molecule has 0 aliphatic carbocycles. The maximum Gasteiger partial charge on any atom is 0.256 e. The average molecular weight is 364 g/mol. The first kappa shape index (κ1) is 16.2. The Hall–Kier alpha value is -3.25. The van der Waals surface area contributed by atoms with Crippen molar-refractivity contribution in [1.82, 2.24) is 4.57 Å². The number of fused-ring (bicyclic) bond motifs is 1. The van der Waals surface area contributed by atoms with E-state index in [2.05, 4.69) is 0 Å². The predicted molar refractivity (Wildman–Crippen MR) is 102 cm³/mol. The number of benzene rings is 2. The Morgan fingerprint density at radius 3 is 2.38 bits per heavy atom. The van der Waals surface area contributed by atoms with Crippen LogP contribution in [0.15, 0.2) is 71.5 Å². The summed E-state index contributed by atoms with van der Waals surface area (Å²) >= 11 is 1.14. The van der Waals surface area contributed by atoms with Gasteiger partial charge >= 0.3 is 0 Å². The molecule has 0 amide bonds. The summed E-state index contributed by atoms with van der Waals surface area (Å²) in [5, 5.41) is 0.785. The van der Waals surface area contributed by atoms with Gasteiger partial charge in [0.2, 0.25) is 0 Å². The number of aromatic nitrogens is 1. The molecular formula is C20H13FN2O2S. The van der Waals surface area contributed by atoms with Crippen molar-refractivity contribution in [2.24, 2.45) is 0 Å². The molecule has 0 saturated heterocycles. The van der Waals surface area contributed by atoms with Crippen molar-refractivity contribution in [3.05, 3.63) is 94.0 Å². The molecular weight excluding hydrogens is 351 g/mol. The number of carbonyl (C=O) groups excluding carboxylic acids is 1. The largest absolute Gasteiger partial charge is 0.390 e. The van der Waals surface area contributed by atoms with Crippen molar-refractivity contribution < 1.29 is 9.18 Å². The van der Waals surface area contributed by atoms with E-state index in [-0.39, 0.29) is 21.7 Å². The van der Waals surface area contributed by atoms with Gasteiger partial charge in [-0.2, -0.15) is 0 Å². The number of pyridine rings is 1. The Balaban J connectivity index is 1.99. The molecule has 4 rings (SSSR count). The Morgan fingerprint density at radius 2 is 1.65 bits per heavy atom. The minimum Gasteiger partial charge on any atom is -0.390 e. The molecule has 0 aliphatic rings. The maximum atomic E-state index is 14.1. The second-order valence-electron chi connectivity index (χ2n) is 5.71. The van der Waals surface area contributed by atoms with Crippen LogP contribution in [0.5, 0.6) is 0 Å². The fourth-order valence-corrected chi connectivity index (χ4v) is 4.02. The highest BCUT2D eigenvalue weighted by atomic mass is 32.1. The molecule has 26 heavy (non-hydrogen) atoms. The standard InChI is InChI=1S/C20H13FN2O2S/c21-15-9-5-4-8-13(15)18(25)17-14-10-11-16(24)23(20(14)26-19(17)22)12-6-2-1-3-7-12/h1-11H,22H2. The number of nitrogens with zero attached hydrogens (tertiary/aromatic N) is 1. The summed E-state index contributed by atoms with van der Waals surface area (Å²) in [4.78, 5) is 25.9. The van der Waals surface area contributed by atoms with Gasteiger partial charge in [-0.3, -0.25) is 14.2 Å².